The molecule has 0 saturated carbocycles. The average molecular weight is 349 g/mol. The van der Waals surface area contributed by atoms with E-state index < -0.39 is 0 Å². The molecule has 0 radical (unpaired) electrons. The maximum atomic E-state index is 12.9. The summed E-state index contributed by atoms with van der Waals surface area (Å²) in [6.45, 7) is 10.8. The van der Waals surface area contributed by atoms with Crippen molar-refractivity contribution in [1.82, 2.24) is 4.90 Å². The summed E-state index contributed by atoms with van der Waals surface area (Å²) in [5.41, 5.74) is 7.79. The van der Waals surface area contributed by atoms with Crippen LogP contribution in [0.1, 0.15) is 67.1 Å². The maximum absolute atomic E-state index is 12.9. The number of likely N-dealkylation sites (tertiary alicyclic amines) is 1. The number of hydrogen-bond donors (Lipinski definition) is 1. The predicted molar refractivity (Wildman–Crippen MR) is 102 cm³/mol. The van der Waals surface area contributed by atoms with Gasteiger partial charge in [-0.25, -0.2) is 0 Å². The lowest BCUT2D eigenvalue weighted by molar-refractivity contribution is 0.0686. The number of piperidine rings is 1. The van der Waals surface area contributed by atoms with Crippen molar-refractivity contribution < 1.29 is 4.79 Å². The quantitative estimate of drug-likeness (QED) is 0.874. The van der Waals surface area contributed by atoms with Crippen LogP contribution in [-0.4, -0.2) is 29.9 Å². The van der Waals surface area contributed by atoms with Crippen LogP contribution in [0.2, 0.25) is 0 Å². The summed E-state index contributed by atoms with van der Waals surface area (Å²) in [6.07, 6.45) is 5.61. The van der Waals surface area contributed by atoms with Gasteiger partial charge in [-0.2, -0.15) is 0 Å². The maximum Gasteiger partial charge on any atom is 0.263 e. The minimum absolute atomic E-state index is 0.241. The summed E-state index contributed by atoms with van der Waals surface area (Å²) in [5, 5.41) is 0. The van der Waals surface area contributed by atoms with Gasteiger partial charge >= 0.3 is 0 Å². The van der Waals surface area contributed by atoms with Gasteiger partial charge in [-0.3, -0.25) is 4.79 Å². The number of nitrogens with zero attached hydrogens (tertiary/aromatic N) is 1. The van der Waals surface area contributed by atoms with Gasteiger partial charge in [-0.05, 0) is 67.9 Å². The second-order valence-corrected chi connectivity index (χ2v) is 9.99. The molecule has 2 unspecified atom stereocenters. The van der Waals surface area contributed by atoms with Crippen LogP contribution >= 0.6 is 11.3 Å². The fraction of sp³-hybridized carbons (Fsp3) is 0.750. The lowest BCUT2D eigenvalue weighted by Crippen LogP contribution is -2.42. The van der Waals surface area contributed by atoms with Crippen LogP contribution in [0.25, 0.3) is 0 Å². The zero-order valence-corrected chi connectivity index (χ0v) is 16.4. The Bertz CT molecular complexity index is 591. The Morgan fingerprint density at radius 1 is 1.29 bits per heavy atom. The van der Waals surface area contributed by atoms with Gasteiger partial charge in [0.25, 0.3) is 5.91 Å². The van der Waals surface area contributed by atoms with E-state index in [0.717, 1.165) is 49.6 Å². The van der Waals surface area contributed by atoms with Crippen LogP contribution in [-0.2, 0) is 12.8 Å². The molecule has 2 N–H and O–H groups in total. The van der Waals surface area contributed by atoms with Crippen LogP contribution in [0.4, 0.5) is 0 Å². The number of nitrogens with two attached hydrogens (primary N) is 1. The molecule has 1 aliphatic carbocycles. The third-order valence-corrected chi connectivity index (χ3v) is 7.31. The predicted octanol–water partition coefficient (Wildman–Crippen LogP) is 4.10. The highest BCUT2D eigenvalue weighted by Gasteiger charge is 2.32. The van der Waals surface area contributed by atoms with E-state index in [-0.39, 0.29) is 11.9 Å². The third-order valence-electron chi connectivity index (χ3n) is 6.09. The van der Waals surface area contributed by atoms with Crippen molar-refractivity contribution in [3.8, 4) is 0 Å². The molecule has 4 heteroatoms. The molecule has 1 aromatic heterocycles. The molecular weight excluding hydrogens is 316 g/mol. The molecule has 0 aromatic carbocycles. The fourth-order valence-corrected chi connectivity index (χ4v) is 5.33. The molecule has 1 amide bonds. The van der Waals surface area contributed by atoms with Gasteiger partial charge in [0.2, 0.25) is 0 Å². The number of aryl methyl sites for hydroxylation is 1. The van der Waals surface area contributed by atoms with Crippen molar-refractivity contribution in [3.63, 3.8) is 0 Å². The van der Waals surface area contributed by atoms with E-state index in [2.05, 4.69) is 33.8 Å². The van der Waals surface area contributed by atoms with Crippen LogP contribution < -0.4 is 5.73 Å². The molecule has 134 valence electrons. The lowest BCUT2D eigenvalue weighted by Gasteiger charge is -2.33. The molecule has 0 spiro atoms. The third kappa shape index (κ3) is 3.70. The smallest absolute Gasteiger partial charge is 0.263 e. The van der Waals surface area contributed by atoms with E-state index in [1.807, 2.05) is 4.90 Å². The molecule has 1 fully saturated rings. The second kappa shape index (κ2) is 6.80. The minimum Gasteiger partial charge on any atom is -0.338 e. The van der Waals surface area contributed by atoms with Crippen LogP contribution in [0.15, 0.2) is 6.07 Å². The molecular formula is C20H32N2OS. The topological polar surface area (TPSA) is 46.3 Å². The molecule has 0 bridgehead atoms. The highest BCUT2D eigenvalue weighted by Crippen LogP contribution is 2.40. The van der Waals surface area contributed by atoms with E-state index in [1.165, 1.54) is 16.9 Å². The van der Waals surface area contributed by atoms with Gasteiger partial charge in [0, 0.05) is 24.0 Å². The van der Waals surface area contributed by atoms with Gasteiger partial charge in [0.05, 0.1) is 4.88 Å². The van der Waals surface area contributed by atoms with Crippen molar-refractivity contribution >= 4 is 17.2 Å². The summed E-state index contributed by atoms with van der Waals surface area (Å²) < 4.78 is 0. The number of carbonyl (C=O) groups excluding carboxylic acids is 1. The Morgan fingerprint density at radius 2 is 1.96 bits per heavy atom. The Balaban J connectivity index is 1.67. The van der Waals surface area contributed by atoms with E-state index in [9.17, 15) is 4.79 Å². The number of carbonyl (C=O) groups is 1. The standard InChI is InChI=1S/C20H32N2OS/c1-13(21)14-7-9-22(10-8-14)19(23)18-12-15-11-16(20(2,3)4)5-6-17(15)24-18/h12-14,16H,5-11,21H2,1-4H3. The van der Waals surface area contributed by atoms with Gasteiger partial charge in [-0.1, -0.05) is 20.8 Å². The Kier molecular flexibility index (Phi) is 5.08. The summed E-state index contributed by atoms with van der Waals surface area (Å²) in [5.74, 6) is 1.53. The highest BCUT2D eigenvalue weighted by molar-refractivity contribution is 7.14. The average Bonchev–Trinajstić information content (AvgIpc) is 2.96. The van der Waals surface area contributed by atoms with Crippen molar-refractivity contribution in [1.29, 1.82) is 0 Å². The number of hydrogen-bond acceptors (Lipinski definition) is 3. The van der Waals surface area contributed by atoms with Crippen molar-refractivity contribution in [2.24, 2.45) is 23.0 Å². The molecule has 3 rings (SSSR count). The van der Waals surface area contributed by atoms with Crippen molar-refractivity contribution in [3.05, 3.63) is 21.4 Å². The lowest BCUT2D eigenvalue weighted by atomic mass is 9.72. The monoisotopic (exact) mass is 348 g/mol. The normalized spacial score (nSPS) is 23.9. The molecule has 1 aromatic rings. The highest BCUT2D eigenvalue weighted by atomic mass is 32.1. The fourth-order valence-electron chi connectivity index (χ4n) is 4.15. The summed E-state index contributed by atoms with van der Waals surface area (Å²) >= 11 is 1.74. The molecule has 1 saturated heterocycles. The zero-order valence-electron chi connectivity index (χ0n) is 15.6. The second-order valence-electron chi connectivity index (χ2n) is 8.85. The van der Waals surface area contributed by atoms with Crippen LogP contribution in [0, 0.1) is 17.3 Å². The van der Waals surface area contributed by atoms with Crippen molar-refractivity contribution in [2.45, 2.75) is 65.8 Å². The molecule has 24 heavy (non-hydrogen) atoms. The van der Waals surface area contributed by atoms with E-state index in [0.29, 0.717) is 11.3 Å². The summed E-state index contributed by atoms with van der Waals surface area (Å²) in [7, 11) is 0. The zero-order chi connectivity index (χ0) is 17.5. The molecule has 1 aliphatic heterocycles. The van der Waals surface area contributed by atoms with Crippen LogP contribution in [0.3, 0.4) is 0 Å². The van der Waals surface area contributed by atoms with Crippen molar-refractivity contribution in [2.75, 3.05) is 13.1 Å². The van der Waals surface area contributed by atoms with Gasteiger partial charge < -0.3 is 10.6 Å². The van der Waals surface area contributed by atoms with Gasteiger partial charge in [0.1, 0.15) is 0 Å². The molecule has 2 atom stereocenters. The first kappa shape index (κ1) is 17.9. The first-order chi connectivity index (χ1) is 11.3. The summed E-state index contributed by atoms with van der Waals surface area (Å²) in [6, 6.07) is 2.43. The van der Waals surface area contributed by atoms with Gasteiger partial charge in [-0.15, -0.1) is 11.3 Å². The van der Waals surface area contributed by atoms with E-state index in [1.54, 1.807) is 11.3 Å². The first-order valence-electron chi connectivity index (χ1n) is 9.42. The Morgan fingerprint density at radius 3 is 2.54 bits per heavy atom. The number of amides is 1. The Hall–Kier alpha value is -0.870. The number of fused-ring (bicyclic) bond motifs is 1. The minimum atomic E-state index is 0.241. The Labute approximate surface area is 150 Å². The largest absolute Gasteiger partial charge is 0.338 e. The SMILES string of the molecule is CC(N)C1CCN(C(=O)c2cc3c(s2)CCC(C(C)(C)C)C3)CC1. The molecule has 2 aliphatic rings. The first-order valence-corrected chi connectivity index (χ1v) is 10.2. The number of thiophene rings is 1. The van der Waals surface area contributed by atoms with Gasteiger partial charge in [0.15, 0.2) is 0 Å². The van der Waals surface area contributed by atoms with E-state index in [4.69, 9.17) is 5.73 Å². The van der Waals surface area contributed by atoms with E-state index >= 15 is 0 Å². The molecule has 3 nitrogen and oxygen atoms in total. The van der Waals surface area contributed by atoms with Crippen LogP contribution in [0.5, 0.6) is 0 Å². The summed E-state index contributed by atoms with van der Waals surface area (Å²) in [4.78, 5) is 17.3. The molecule has 2 heterocycles. The number of rotatable bonds is 2.